The minimum absolute atomic E-state index is 0.144. The molecule has 0 unspecified atom stereocenters. The number of piperidine rings is 1. The predicted molar refractivity (Wildman–Crippen MR) is 63.8 cm³/mol. The maximum Gasteiger partial charge on any atom is 0.387 e. The van der Waals surface area contributed by atoms with Gasteiger partial charge in [0.25, 0.3) is 0 Å². The fourth-order valence-corrected chi connectivity index (χ4v) is 2.24. The second kappa shape index (κ2) is 5.63. The van der Waals surface area contributed by atoms with Crippen molar-refractivity contribution in [1.82, 2.24) is 5.32 Å². The molecule has 18 heavy (non-hydrogen) atoms. The second-order valence-corrected chi connectivity index (χ2v) is 4.67. The summed E-state index contributed by atoms with van der Waals surface area (Å²) in [5.74, 6) is 0.144. The Morgan fingerprint density at radius 2 is 1.83 bits per heavy atom. The Morgan fingerprint density at radius 1 is 1.22 bits per heavy atom. The standard InChI is InChI=1S/C13H17F2NO2/c14-12(15)18-11-3-1-10(2-4-11)9-13(17)5-7-16-8-6-13/h1-4,12,16-17H,5-9H2. The zero-order valence-electron chi connectivity index (χ0n) is 10.0. The first-order valence-corrected chi connectivity index (χ1v) is 6.04. The predicted octanol–water partition coefficient (Wildman–Crippen LogP) is 1.94. The molecule has 1 aliphatic heterocycles. The lowest BCUT2D eigenvalue weighted by Crippen LogP contribution is -2.43. The van der Waals surface area contributed by atoms with Crippen molar-refractivity contribution < 1.29 is 18.6 Å². The van der Waals surface area contributed by atoms with Crippen LogP contribution >= 0.6 is 0 Å². The molecule has 1 aromatic carbocycles. The van der Waals surface area contributed by atoms with Crippen LogP contribution in [0.3, 0.4) is 0 Å². The molecule has 0 atom stereocenters. The van der Waals surface area contributed by atoms with E-state index >= 15 is 0 Å². The summed E-state index contributed by atoms with van der Waals surface area (Å²) in [5, 5.41) is 13.5. The molecule has 0 bridgehead atoms. The van der Waals surface area contributed by atoms with Crippen LogP contribution in [0.4, 0.5) is 8.78 Å². The highest BCUT2D eigenvalue weighted by atomic mass is 19.3. The van der Waals surface area contributed by atoms with Gasteiger partial charge in [-0.15, -0.1) is 0 Å². The molecule has 0 saturated carbocycles. The molecule has 3 nitrogen and oxygen atoms in total. The summed E-state index contributed by atoms with van der Waals surface area (Å²) in [4.78, 5) is 0. The number of hydrogen-bond acceptors (Lipinski definition) is 3. The smallest absolute Gasteiger partial charge is 0.387 e. The van der Waals surface area contributed by atoms with E-state index in [1.165, 1.54) is 12.1 Å². The van der Waals surface area contributed by atoms with Crippen molar-refractivity contribution in [3.8, 4) is 5.75 Å². The SMILES string of the molecule is OC1(Cc2ccc(OC(F)F)cc2)CCNCC1. The fraction of sp³-hybridized carbons (Fsp3) is 0.538. The van der Waals surface area contributed by atoms with Gasteiger partial charge in [0.15, 0.2) is 0 Å². The van der Waals surface area contributed by atoms with E-state index < -0.39 is 12.2 Å². The first-order valence-electron chi connectivity index (χ1n) is 6.04. The Morgan fingerprint density at radius 3 is 2.39 bits per heavy atom. The van der Waals surface area contributed by atoms with Crippen LogP contribution in [0.1, 0.15) is 18.4 Å². The largest absolute Gasteiger partial charge is 0.435 e. The molecule has 1 aromatic rings. The second-order valence-electron chi connectivity index (χ2n) is 4.67. The van der Waals surface area contributed by atoms with Crippen molar-refractivity contribution in [2.45, 2.75) is 31.5 Å². The highest BCUT2D eigenvalue weighted by molar-refractivity contribution is 5.28. The normalized spacial score (nSPS) is 18.9. The Kier molecular flexibility index (Phi) is 4.14. The molecule has 0 aliphatic carbocycles. The van der Waals surface area contributed by atoms with Crippen molar-refractivity contribution in [2.24, 2.45) is 0 Å². The van der Waals surface area contributed by atoms with Crippen molar-refractivity contribution in [2.75, 3.05) is 13.1 Å². The third-order valence-corrected chi connectivity index (χ3v) is 3.22. The number of aliphatic hydroxyl groups is 1. The Balaban J connectivity index is 1.97. The summed E-state index contributed by atoms with van der Waals surface area (Å²) in [5.41, 5.74) is 0.247. The molecular formula is C13H17F2NO2. The lowest BCUT2D eigenvalue weighted by Gasteiger charge is -2.32. The maximum atomic E-state index is 12.0. The molecule has 0 amide bonds. The molecule has 5 heteroatoms. The lowest BCUT2D eigenvalue weighted by atomic mass is 9.86. The van der Waals surface area contributed by atoms with E-state index in [4.69, 9.17) is 0 Å². The maximum absolute atomic E-state index is 12.0. The van der Waals surface area contributed by atoms with Gasteiger partial charge in [-0.2, -0.15) is 8.78 Å². The Hall–Kier alpha value is -1.20. The van der Waals surface area contributed by atoms with E-state index in [-0.39, 0.29) is 5.75 Å². The molecule has 2 N–H and O–H groups in total. The minimum atomic E-state index is -2.80. The number of hydrogen-bond donors (Lipinski definition) is 2. The van der Waals surface area contributed by atoms with Gasteiger partial charge in [-0.1, -0.05) is 12.1 Å². The van der Waals surface area contributed by atoms with Crippen LogP contribution in [0.2, 0.25) is 0 Å². The minimum Gasteiger partial charge on any atom is -0.435 e. The molecule has 0 aromatic heterocycles. The van der Waals surface area contributed by atoms with E-state index in [1.54, 1.807) is 12.1 Å². The van der Waals surface area contributed by atoms with Gasteiger partial charge in [0.2, 0.25) is 0 Å². The summed E-state index contributed by atoms with van der Waals surface area (Å²) in [6.07, 6.45) is 1.97. The van der Waals surface area contributed by atoms with Crippen LogP contribution in [0.25, 0.3) is 0 Å². The van der Waals surface area contributed by atoms with Crippen LogP contribution in [0.5, 0.6) is 5.75 Å². The van der Waals surface area contributed by atoms with E-state index in [1.807, 2.05) is 0 Å². The zero-order chi connectivity index (χ0) is 13.0. The first kappa shape index (κ1) is 13.2. The lowest BCUT2D eigenvalue weighted by molar-refractivity contribution is -0.0499. The molecule has 1 fully saturated rings. The van der Waals surface area contributed by atoms with Gasteiger partial charge < -0.3 is 15.2 Å². The third-order valence-electron chi connectivity index (χ3n) is 3.22. The average Bonchev–Trinajstić information content (AvgIpc) is 2.31. The summed E-state index contributed by atoms with van der Waals surface area (Å²) < 4.78 is 28.2. The molecule has 0 spiro atoms. The molecule has 1 heterocycles. The molecule has 1 saturated heterocycles. The summed E-state index contributed by atoms with van der Waals surface area (Å²) in [7, 11) is 0. The summed E-state index contributed by atoms with van der Waals surface area (Å²) in [6.45, 7) is -1.18. The van der Waals surface area contributed by atoms with E-state index in [0.29, 0.717) is 19.3 Å². The highest BCUT2D eigenvalue weighted by Crippen LogP contribution is 2.24. The van der Waals surface area contributed by atoms with Gasteiger partial charge in [0, 0.05) is 6.42 Å². The van der Waals surface area contributed by atoms with Gasteiger partial charge in [0.05, 0.1) is 5.60 Å². The Labute approximate surface area is 105 Å². The van der Waals surface area contributed by atoms with Crippen LogP contribution in [0.15, 0.2) is 24.3 Å². The van der Waals surface area contributed by atoms with Crippen molar-refractivity contribution in [3.63, 3.8) is 0 Å². The third kappa shape index (κ3) is 3.65. The summed E-state index contributed by atoms with van der Waals surface area (Å²) >= 11 is 0. The van der Waals surface area contributed by atoms with Crippen molar-refractivity contribution in [1.29, 1.82) is 0 Å². The molecule has 2 rings (SSSR count). The van der Waals surface area contributed by atoms with Gasteiger partial charge in [-0.3, -0.25) is 0 Å². The summed E-state index contributed by atoms with van der Waals surface area (Å²) in [6, 6.07) is 6.45. The van der Waals surface area contributed by atoms with Gasteiger partial charge >= 0.3 is 6.61 Å². The van der Waals surface area contributed by atoms with E-state index in [9.17, 15) is 13.9 Å². The number of nitrogens with one attached hydrogen (secondary N) is 1. The number of rotatable bonds is 4. The van der Waals surface area contributed by atoms with Crippen molar-refractivity contribution in [3.05, 3.63) is 29.8 Å². The average molecular weight is 257 g/mol. The zero-order valence-corrected chi connectivity index (χ0v) is 10.0. The monoisotopic (exact) mass is 257 g/mol. The topological polar surface area (TPSA) is 41.5 Å². The molecular weight excluding hydrogens is 240 g/mol. The molecule has 1 aliphatic rings. The number of alkyl halides is 2. The van der Waals surface area contributed by atoms with Crippen LogP contribution in [-0.2, 0) is 6.42 Å². The fourth-order valence-electron chi connectivity index (χ4n) is 2.24. The van der Waals surface area contributed by atoms with E-state index in [2.05, 4.69) is 10.1 Å². The van der Waals surface area contributed by atoms with Gasteiger partial charge in [-0.05, 0) is 43.6 Å². The van der Waals surface area contributed by atoms with Gasteiger partial charge in [0.1, 0.15) is 5.75 Å². The van der Waals surface area contributed by atoms with Crippen molar-refractivity contribution >= 4 is 0 Å². The quantitative estimate of drug-likeness (QED) is 0.866. The molecule has 0 radical (unpaired) electrons. The van der Waals surface area contributed by atoms with Crippen LogP contribution in [-0.4, -0.2) is 30.4 Å². The van der Waals surface area contributed by atoms with Gasteiger partial charge in [-0.25, -0.2) is 0 Å². The number of halogens is 2. The van der Waals surface area contributed by atoms with Crippen LogP contribution < -0.4 is 10.1 Å². The van der Waals surface area contributed by atoms with Crippen LogP contribution in [0, 0.1) is 0 Å². The number of ether oxygens (including phenoxy) is 1. The Bertz CT molecular complexity index is 375. The first-order chi connectivity index (χ1) is 8.57. The number of benzene rings is 1. The van der Waals surface area contributed by atoms with E-state index in [0.717, 1.165) is 18.7 Å². The highest BCUT2D eigenvalue weighted by Gasteiger charge is 2.29. The molecule has 100 valence electrons.